The van der Waals surface area contributed by atoms with E-state index in [1.54, 1.807) is 0 Å². The fraction of sp³-hybridized carbons (Fsp3) is 0.200. The van der Waals surface area contributed by atoms with Gasteiger partial charge >= 0.3 is 0 Å². The second-order valence-corrected chi connectivity index (χ2v) is 6.08. The summed E-state index contributed by atoms with van der Waals surface area (Å²) in [5.74, 6) is 0.687. The maximum Gasteiger partial charge on any atom is 0.139 e. The summed E-state index contributed by atoms with van der Waals surface area (Å²) in [5.41, 5.74) is 3.07. The topological polar surface area (TPSA) is 29.5 Å². The van der Waals surface area contributed by atoms with Crippen LogP contribution in [0, 0.1) is 6.92 Å². The molecule has 2 aromatic rings. The Balaban J connectivity index is 2.19. The van der Waals surface area contributed by atoms with Crippen LogP contribution < -0.4 is 4.74 Å². The van der Waals surface area contributed by atoms with Crippen LogP contribution in [0.3, 0.4) is 0 Å². The van der Waals surface area contributed by atoms with Gasteiger partial charge in [-0.2, -0.15) is 0 Å². The van der Waals surface area contributed by atoms with Crippen LogP contribution in [0.5, 0.6) is 5.75 Å². The third-order valence-electron chi connectivity index (χ3n) is 2.72. The van der Waals surface area contributed by atoms with Gasteiger partial charge in [0.15, 0.2) is 0 Å². The first-order chi connectivity index (χ1) is 9.10. The van der Waals surface area contributed by atoms with Crippen molar-refractivity contribution in [1.29, 1.82) is 0 Å². The highest BCUT2D eigenvalue weighted by Crippen LogP contribution is 2.33. The highest BCUT2D eigenvalue weighted by atomic mass is 79.9. The molecule has 4 heteroatoms. The van der Waals surface area contributed by atoms with Crippen molar-refractivity contribution in [3.63, 3.8) is 0 Å². The number of rotatable bonds is 4. The minimum absolute atomic E-state index is 0.0544. The molecular formula is C15H14Br2O2. The van der Waals surface area contributed by atoms with Crippen LogP contribution in [-0.4, -0.2) is 5.11 Å². The van der Waals surface area contributed by atoms with Gasteiger partial charge in [0.1, 0.15) is 12.4 Å². The second-order valence-electron chi connectivity index (χ2n) is 4.31. The molecule has 0 radical (unpaired) electrons. The van der Waals surface area contributed by atoms with Gasteiger partial charge in [0, 0.05) is 10.0 Å². The molecule has 0 bridgehead atoms. The smallest absolute Gasteiger partial charge is 0.139 e. The first-order valence-corrected chi connectivity index (χ1v) is 7.46. The van der Waals surface area contributed by atoms with Crippen molar-refractivity contribution < 1.29 is 9.84 Å². The molecule has 100 valence electrons. The van der Waals surface area contributed by atoms with Gasteiger partial charge < -0.3 is 9.84 Å². The number of aliphatic hydroxyl groups is 1. The van der Waals surface area contributed by atoms with Gasteiger partial charge in [0.2, 0.25) is 0 Å². The van der Waals surface area contributed by atoms with E-state index in [9.17, 15) is 5.11 Å². The molecule has 0 aliphatic rings. The lowest BCUT2D eigenvalue weighted by atomic mass is 10.1. The van der Waals surface area contributed by atoms with E-state index in [1.807, 2.05) is 24.3 Å². The van der Waals surface area contributed by atoms with Crippen molar-refractivity contribution in [1.82, 2.24) is 0 Å². The Hall–Kier alpha value is -0.840. The Kier molecular flexibility index (Phi) is 5.02. The van der Waals surface area contributed by atoms with Crippen molar-refractivity contribution in [2.24, 2.45) is 0 Å². The van der Waals surface area contributed by atoms with Crippen molar-refractivity contribution >= 4 is 31.9 Å². The summed E-state index contributed by atoms with van der Waals surface area (Å²) in [6.07, 6.45) is 0. The third-order valence-corrected chi connectivity index (χ3v) is 3.77. The maximum absolute atomic E-state index is 9.39. The second kappa shape index (κ2) is 6.55. The highest BCUT2D eigenvalue weighted by Gasteiger charge is 2.10. The average molecular weight is 386 g/mol. The summed E-state index contributed by atoms with van der Waals surface area (Å²) < 4.78 is 7.57. The molecular weight excluding hydrogens is 372 g/mol. The minimum atomic E-state index is -0.0544. The summed E-state index contributed by atoms with van der Waals surface area (Å²) in [4.78, 5) is 0. The van der Waals surface area contributed by atoms with E-state index in [-0.39, 0.29) is 6.61 Å². The lowest BCUT2D eigenvalue weighted by molar-refractivity contribution is 0.258. The lowest BCUT2D eigenvalue weighted by Gasteiger charge is -2.13. The molecule has 0 saturated heterocycles. The van der Waals surface area contributed by atoms with Crippen LogP contribution in [0.1, 0.15) is 16.7 Å². The molecule has 0 atom stereocenters. The minimum Gasteiger partial charge on any atom is -0.487 e. The molecule has 0 amide bonds. The first kappa shape index (κ1) is 14.6. The fourth-order valence-electron chi connectivity index (χ4n) is 1.85. The monoisotopic (exact) mass is 384 g/mol. The zero-order valence-electron chi connectivity index (χ0n) is 10.5. The summed E-state index contributed by atoms with van der Waals surface area (Å²) in [7, 11) is 0. The number of ether oxygens (including phenoxy) is 1. The highest BCUT2D eigenvalue weighted by molar-refractivity contribution is 9.11. The number of benzene rings is 2. The van der Waals surface area contributed by atoms with Gasteiger partial charge in [0.05, 0.1) is 11.1 Å². The summed E-state index contributed by atoms with van der Waals surface area (Å²) >= 11 is 6.86. The first-order valence-electron chi connectivity index (χ1n) is 5.87. The van der Waals surface area contributed by atoms with Crippen LogP contribution in [-0.2, 0) is 13.2 Å². The Morgan fingerprint density at radius 2 is 1.95 bits per heavy atom. The molecule has 0 saturated carbocycles. The van der Waals surface area contributed by atoms with Gasteiger partial charge in [-0.1, -0.05) is 45.8 Å². The Morgan fingerprint density at radius 3 is 2.63 bits per heavy atom. The summed E-state index contributed by atoms with van der Waals surface area (Å²) in [5, 5.41) is 9.39. The van der Waals surface area contributed by atoms with E-state index in [2.05, 4.69) is 50.9 Å². The van der Waals surface area contributed by atoms with Crippen LogP contribution in [0.4, 0.5) is 0 Å². The Labute approximate surface area is 129 Å². The Bertz CT molecular complexity index is 582. The van der Waals surface area contributed by atoms with E-state index in [4.69, 9.17) is 4.74 Å². The van der Waals surface area contributed by atoms with Gasteiger partial charge in [0.25, 0.3) is 0 Å². The predicted octanol–water partition coefficient (Wildman–Crippen LogP) is 4.59. The van der Waals surface area contributed by atoms with E-state index in [0.29, 0.717) is 12.4 Å². The molecule has 0 fully saturated rings. The zero-order chi connectivity index (χ0) is 13.8. The third kappa shape index (κ3) is 3.81. The van der Waals surface area contributed by atoms with Crippen LogP contribution in [0.2, 0.25) is 0 Å². The number of hydrogen-bond donors (Lipinski definition) is 1. The largest absolute Gasteiger partial charge is 0.487 e. The normalized spacial score (nSPS) is 10.5. The van der Waals surface area contributed by atoms with Crippen molar-refractivity contribution in [2.45, 2.75) is 20.1 Å². The number of hydrogen-bond acceptors (Lipinski definition) is 2. The molecule has 0 heterocycles. The van der Waals surface area contributed by atoms with E-state index < -0.39 is 0 Å². The molecule has 19 heavy (non-hydrogen) atoms. The molecule has 0 unspecified atom stereocenters. The van der Waals surface area contributed by atoms with E-state index in [1.165, 1.54) is 5.56 Å². The standard InChI is InChI=1S/C15H14Br2O2/c1-10-3-2-4-11(5-10)9-19-15-12(8-18)6-13(16)7-14(15)17/h2-7,18H,8-9H2,1H3. The van der Waals surface area contributed by atoms with Gasteiger partial charge in [-0.25, -0.2) is 0 Å². The van der Waals surface area contributed by atoms with Gasteiger partial charge in [-0.15, -0.1) is 0 Å². The van der Waals surface area contributed by atoms with Gasteiger partial charge in [-0.3, -0.25) is 0 Å². The van der Waals surface area contributed by atoms with Crippen molar-refractivity contribution in [2.75, 3.05) is 0 Å². The molecule has 0 aromatic heterocycles. The number of aryl methyl sites for hydroxylation is 1. The zero-order valence-corrected chi connectivity index (χ0v) is 13.7. The predicted molar refractivity (Wildman–Crippen MR) is 83.3 cm³/mol. The molecule has 0 spiro atoms. The van der Waals surface area contributed by atoms with E-state index in [0.717, 1.165) is 20.1 Å². The molecule has 2 aromatic carbocycles. The van der Waals surface area contributed by atoms with Gasteiger partial charge in [-0.05, 0) is 40.5 Å². The SMILES string of the molecule is Cc1cccc(COc2c(Br)cc(Br)cc2CO)c1. The summed E-state index contributed by atoms with van der Waals surface area (Å²) in [6, 6.07) is 11.9. The molecule has 1 N–H and O–H groups in total. The Morgan fingerprint density at radius 1 is 1.16 bits per heavy atom. The maximum atomic E-state index is 9.39. The van der Waals surface area contributed by atoms with Crippen molar-refractivity contribution in [3.05, 3.63) is 62.0 Å². The van der Waals surface area contributed by atoms with E-state index >= 15 is 0 Å². The van der Waals surface area contributed by atoms with Crippen LogP contribution >= 0.6 is 31.9 Å². The quantitative estimate of drug-likeness (QED) is 0.833. The van der Waals surface area contributed by atoms with Crippen LogP contribution in [0.15, 0.2) is 45.3 Å². The molecule has 2 nitrogen and oxygen atoms in total. The number of halogens is 2. The summed E-state index contributed by atoms with van der Waals surface area (Å²) in [6.45, 7) is 2.48. The average Bonchev–Trinajstić information content (AvgIpc) is 2.37. The lowest BCUT2D eigenvalue weighted by Crippen LogP contribution is -2.00. The molecule has 0 aliphatic carbocycles. The van der Waals surface area contributed by atoms with Crippen LogP contribution in [0.25, 0.3) is 0 Å². The molecule has 0 aliphatic heterocycles. The number of aliphatic hydroxyl groups excluding tert-OH is 1. The molecule has 2 rings (SSSR count). The van der Waals surface area contributed by atoms with Crippen molar-refractivity contribution in [3.8, 4) is 5.75 Å². The fourth-order valence-corrected chi connectivity index (χ4v) is 3.28.